The normalized spacial score (nSPS) is 12.1. The van der Waals surface area contributed by atoms with Crippen LogP contribution in [0.3, 0.4) is 0 Å². The topological polar surface area (TPSA) is 33.6 Å². The van der Waals surface area contributed by atoms with Crippen LogP contribution in [-0.4, -0.2) is 9.13 Å². The maximum Gasteiger partial charge on any atom is 0.417 e. The maximum absolute atomic E-state index is 14.9. The fourth-order valence-electron chi connectivity index (χ4n) is 9.93. The predicted octanol–water partition coefficient (Wildman–Crippen LogP) is 17.1. The second-order valence-corrected chi connectivity index (χ2v) is 17.2. The van der Waals surface area contributed by atoms with Crippen molar-refractivity contribution in [2.75, 3.05) is 0 Å². The zero-order valence-corrected chi connectivity index (χ0v) is 36.5. The Labute approximate surface area is 387 Å². The van der Waals surface area contributed by atoms with Crippen molar-refractivity contribution in [3.63, 3.8) is 0 Å². The summed E-state index contributed by atoms with van der Waals surface area (Å²) in [5, 5.41) is 14.0. The van der Waals surface area contributed by atoms with Crippen molar-refractivity contribution in [1.82, 2.24) is 9.13 Å². The molecule has 0 atom stereocenters. The highest BCUT2D eigenvalue weighted by Crippen LogP contribution is 2.48. The quantitative estimate of drug-likeness (QED) is 0.153. The summed E-state index contributed by atoms with van der Waals surface area (Å²) in [5.74, 6) is 0. The summed E-state index contributed by atoms with van der Waals surface area (Å²) in [6.07, 6.45) is -10.2. The van der Waals surface area contributed by atoms with Crippen molar-refractivity contribution in [1.29, 1.82) is 5.26 Å². The Morgan fingerprint density at radius 2 is 0.853 bits per heavy atom. The first-order valence-electron chi connectivity index (χ1n) is 21.9. The van der Waals surface area contributed by atoms with E-state index < -0.39 is 29.0 Å². The van der Waals surface area contributed by atoms with Gasteiger partial charge in [0, 0.05) is 38.2 Å². The number of aryl methyl sites for hydroxylation is 2. The van der Waals surface area contributed by atoms with Gasteiger partial charge >= 0.3 is 12.4 Å². The molecule has 2 heterocycles. The third-order valence-corrected chi connectivity index (χ3v) is 12.9. The van der Waals surface area contributed by atoms with Crippen LogP contribution >= 0.6 is 0 Å². The average molecular weight is 902 g/mol. The molecule has 0 saturated carbocycles. The Hall–Kier alpha value is -8.35. The third kappa shape index (κ3) is 7.08. The van der Waals surface area contributed by atoms with E-state index in [-0.39, 0.29) is 5.56 Å². The highest BCUT2D eigenvalue weighted by atomic mass is 19.4. The largest absolute Gasteiger partial charge is 0.417 e. The highest BCUT2D eigenvalue weighted by Gasteiger charge is 2.41. The zero-order chi connectivity index (χ0) is 47.1. The lowest BCUT2D eigenvalue weighted by atomic mass is 9.90. The standard InChI is InChI=1S/C59H37F6N3/c1-35-10-7-12-38(28-35)40-22-26-54-47(31-40)43-14-3-5-18-51(43)67(54)53-25-20-37(34-66)30-46(53)45-24-21-42(57-49(58(60,61)62)16-9-17-50(57)59(63,64)65)33-56(45)68-52-19-6-4-15-44(52)48-32-41(23-27-55(48)68)39-13-8-11-36(2)29-39/h3-33H,1-2H3. The first kappa shape index (κ1) is 42.3. The molecule has 9 aromatic carbocycles. The molecule has 0 spiro atoms. The molecule has 0 bridgehead atoms. The molecule has 0 unspecified atom stereocenters. The Morgan fingerprint density at radius 3 is 1.37 bits per heavy atom. The number of alkyl halides is 6. The van der Waals surface area contributed by atoms with Crippen LogP contribution in [0.25, 0.3) is 99.5 Å². The average Bonchev–Trinajstić information content (AvgIpc) is 3.85. The first-order chi connectivity index (χ1) is 32.8. The molecule has 9 heteroatoms. The number of nitriles is 1. The van der Waals surface area contributed by atoms with Gasteiger partial charge in [0.05, 0.1) is 56.2 Å². The zero-order valence-electron chi connectivity index (χ0n) is 36.5. The number of rotatable bonds is 6. The van der Waals surface area contributed by atoms with Crippen molar-refractivity contribution in [2.45, 2.75) is 26.2 Å². The van der Waals surface area contributed by atoms with Crippen LogP contribution in [0.4, 0.5) is 26.3 Å². The molecule has 0 saturated heterocycles. The Balaban J connectivity index is 1.24. The van der Waals surface area contributed by atoms with Gasteiger partial charge < -0.3 is 9.13 Å². The number of nitrogens with zero attached hydrogens (tertiary/aromatic N) is 3. The van der Waals surface area contributed by atoms with Crippen molar-refractivity contribution in [3.05, 3.63) is 216 Å². The van der Waals surface area contributed by atoms with Crippen LogP contribution < -0.4 is 0 Å². The fourth-order valence-corrected chi connectivity index (χ4v) is 9.93. The van der Waals surface area contributed by atoms with Gasteiger partial charge in [0.2, 0.25) is 0 Å². The van der Waals surface area contributed by atoms with Gasteiger partial charge in [-0.05, 0) is 114 Å². The molecule has 330 valence electrons. The summed E-state index contributed by atoms with van der Waals surface area (Å²) in [6, 6.07) is 58.3. The minimum Gasteiger partial charge on any atom is -0.309 e. The fraction of sp³-hybridized carbons (Fsp3) is 0.0678. The van der Waals surface area contributed by atoms with E-state index in [1.807, 2.05) is 109 Å². The van der Waals surface area contributed by atoms with Crippen molar-refractivity contribution >= 4 is 43.6 Å². The third-order valence-electron chi connectivity index (χ3n) is 12.9. The molecule has 0 amide bonds. The Bertz CT molecular complexity index is 3850. The van der Waals surface area contributed by atoms with Gasteiger partial charge in [0.1, 0.15) is 0 Å². The molecule has 0 aliphatic carbocycles. The molecule has 0 fully saturated rings. The summed E-state index contributed by atoms with van der Waals surface area (Å²) in [5.41, 5.74) is 7.56. The lowest BCUT2D eigenvalue weighted by molar-refractivity contribution is -0.142. The number of hydrogen-bond donors (Lipinski definition) is 0. The molecule has 3 nitrogen and oxygen atoms in total. The monoisotopic (exact) mass is 901 g/mol. The van der Waals surface area contributed by atoms with E-state index in [0.717, 1.165) is 72.0 Å². The second-order valence-electron chi connectivity index (χ2n) is 17.2. The van der Waals surface area contributed by atoms with Crippen LogP contribution in [0.2, 0.25) is 0 Å². The van der Waals surface area contributed by atoms with E-state index in [2.05, 4.69) is 59.2 Å². The van der Waals surface area contributed by atoms with Crippen molar-refractivity contribution in [2.24, 2.45) is 0 Å². The minimum atomic E-state index is -5.11. The van der Waals surface area contributed by atoms with Gasteiger partial charge in [-0.15, -0.1) is 0 Å². The molecule has 11 aromatic rings. The number of aromatic nitrogens is 2. The van der Waals surface area contributed by atoms with E-state index >= 15 is 0 Å². The SMILES string of the molecule is Cc1cccc(-c2ccc3c(c2)c2ccccc2n3-c2ccc(C#N)cc2-c2ccc(-c3c(C(F)(F)F)cccc3C(F)(F)F)cc2-n2c3ccccc3c3cc(-c4cccc(C)c4)ccc32)c1. The van der Waals surface area contributed by atoms with Gasteiger partial charge in [-0.1, -0.05) is 126 Å². The molecular weight excluding hydrogens is 865 g/mol. The second kappa shape index (κ2) is 15.9. The summed E-state index contributed by atoms with van der Waals surface area (Å²) < 4.78 is 93.6. The van der Waals surface area contributed by atoms with E-state index in [1.54, 1.807) is 18.2 Å². The van der Waals surface area contributed by atoms with E-state index in [0.29, 0.717) is 51.2 Å². The van der Waals surface area contributed by atoms with Crippen molar-refractivity contribution in [3.8, 4) is 62.0 Å². The van der Waals surface area contributed by atoms with Crippen LogP contribution in [-0.2, 0) is 12.4 Å². The van der Waals surface area contributed by atoms with E-state index in [1.165, 1.54) is 12.1 Å². The molecule has 2 aromatic heterocycles. The highest BCUT2D eigenvalue weighted by molar-refractivity contribution is 6.13. The minimum absolute atomic E-state index is 0.273. The van der Waals surface area contributed by atoms with Crippen LogP contribution in [0.1, 0.15) is 27.8 Å². The number of hydrogen-bond acceptors (Lipinski definition) is 1. The smallest absolute Gasteiger partial charge is 0.309 e. The summed E-state index contributed by atoms with van der Waals surface area (Å²) in [6.45, 7) is 4.06. The van der Waals surface area contributed by atoms with Crippen LogP contribution in [0, 0.1) is 25.2 Å². The Kier molecular flexibility index (Phi) is 9.90. The molecule has 68 heavy (non-hydrogen) atoms. The lowest BCUT2D eigenvalue weighted by Crippen LogP contribution is -2.14. The molecule has 0 radical (unpaired) electrons. The molecule has 11 rings (SSSR count). The first-order valence-corrected chi connectivity index (χ1v) is 21.9. The van der Waals surface area contributed by atoms with Crippen LogP contribution in [0.5, 0.6) is 0 Å². The van der Waals surface area contributed by atoms with E-state index in [4.69, 9.17) is 0 Å². The summed E-state index contributed by atoms with van der Waals surface area (Å²) in [4.78, 5) is 0. The molecule has 0 aliphatic heterocycles. The van der Waals surface area contributed by atoms with Gasteiger partial charge in [0.25, 0.3) is 0 Å². The van der Waals surface area contributed by atoms with Gasteiger partial charge in [-0.25, -0.2) is 0 Å². The van der Waals surface area contributed by atoms with Gasteiger partial charge in [-0.3, -0.25) is 0 Å². The van der Waals surface area contributed by atoms with Crippen molar-refractivity contribution < 1.29 is 26.3 Å². The van der Waals surface area contributed by atoms with Gasteiger partial charge in [-0.2, -0.15) is 31.6 Å². The summed E-state index contributed by atoms with van der Waals surface area (Å²) >= 11 is 0. The predicted molar refractivity (Wildman–Crippen MR) is 261 cm³/mol. The number of halogens is 6. The number of fused-ring (bicyclic) bond motifs is 6. The number of benzene rings is 9. The maximum atomic E-state index is 14.9. The molecule has 0 N–H and O–H groups in total. The molecular formula is C59H37F6N3. The van der Waals surface area contributed by atoms with Crippen LogP contribution in [0.15, 0.2) is 188 Å². The number of para-hydroxylation sites is 2. The van der Waals surface area contributed by atoms with E-state index in [9.17, 15) is 31.6 Å². The van der Waals surface area contributed by atoms with Gasteiger partial charge in [0.15, 0.2) is 0 Å². The molecule has 0 aliphatic rings. The Morgan fingerprint density at radius 1 is 0.382 bits per heavy atom. The summed E-state index contributed by atoms with van der Waals surface area (Å²) in [7, 11) is 0. The lowest BCUT2D eigenvalue weighted by Gasteiger charge is -2.22.